The first-order valence-corrected chi connectivity index (χ1v) is 5.39. The van der Waals surface area contributed by atoms with E-state index < -0.39 is 18.0 Å². The summed E-state index contributed by atoms with van der Waals surface area (Å²) in [6, 6.07) is 8.03. The average Bonchev–Trinajstić information content (AvgIpc) is 2.79. The van der Waals surface area contributed by atoms with Crippen LogP contribution in [-0.2, 0) is 9.53 Å². The lowest BCUT2D eigenvalue weighted by atomic mass is 10.2. The van der Waals surface area contributed by atoms with Crippen molar-refractivity contribution in [2.45, 2.75) is 18.6 Å². The molecule has 2 N–H and O–H groups in total. The Morgan fingerprint density at radius 1 is 1.29 bits per heavy atom. The van der Waals surface area contributed by atoms with Crippen molar-refractivity contribution < 1.29 is 19.4 Å². The molecule has 1 saturated heterocycles. The van der Waals surface area contributed by atoms with Crippen LogP contribution < -0.4 is 5.32 Å². The Labute approximate surface area is 98.4 Å². The van der Waals surface area contributed by atoms with E-state index >= 15 is 0 Å². The highest BCUT2D eigenvalue weighted by Crippen LogP contribution is 2.13. The van der Waals surface area contributed by atoms with Crippen LogP contribution in [0.3, 0.4) is 0 Å². The number of esters is 1. The molecule has 1 fully saturated rings. The largest absolute Gasteiger partial charge is 0.480 e. The minimum Gasteiger partial charge on any atom is -0.480 e. The fourth-order valence-corrected chi connectivity index (χ4v) is 1.77. The second-order valence-corrected chi connectivity index (χ2v) is 3.93. The number of hydrogen-bond donors (Lipinski definition) is 2. The van der Waals surface area contributed by atoms with E-state index in [1.165, 1.54) is 0 Å². The zero-order valence-corrected chi connectivity index (χ0v) is 9.13. The standard InChI is InChI=1S/C12H13NO4/c14-11(15)10-6-9(7-13-10)17-12(16)8-4-2-1-3-5-8/h1-5,9-10,13H,6-7H2,(H,14,15)/t9-,10+/m0/s1. The normalized spacial score (nSPS) is 23.3. The first-order chi connectivity index (χ1) is 8.16. The molecule has 5 nitrogen and oxygen atoms in total. The average molecular weight is 235 g/mol. The minimum absolute atomic E-state index is 0.313. The molecule has 0 amide bonds. The maximum atomic E-state index is 11.7. The SMILES string of the molecule is O=C(O[C@@H]1CN[C@@H](C(=O)O)C1)c1ccccc1. The predicted molar refractivity (Wildman–Crippen MR) is 59.7 cm³/mol. The van der Waals surface area contributed by atoms with Gasteiger partial charge in [0.25, 0.3) is 0 Å². The first-order valence-electron chi connectivity index (χ1n) is 5.39. The molecule has 0 saturated carbocycles. The summed E-state index contributed by atoms with van der Waals surface area (Å²) in [6.45, 7) is 0.384. The molecule has 0 radical (unpaired) electrons. The van der Waals surface area contributed by atoms with Gasteiger partial charge >= 0.3 is 11.9 Å². The van der Waals surface area contributed by atoms with Crippen molar-refractivity contribution in [1.82, 2.24) is 5.32 Å². The van der Waals surface area contributed by atoms with Gasteiger partial charge in [-0.2, -0.15) is 0 Å². The molecule has 1 aliphatic rings. The molecule has 1 aromatic rings. The molecule has 0 spiro atoms. The van der Waals surface area contributed by atoms with Crippen molar-refractivity contribution in [2.24, 2.45) is 0 Å². The second-order valence-electron chi connectivity index (χ2n) is 3.93. The third-order valence-corrected chi connectivity index (χ3v) is 2.67. The lowest BCUT2D eigenvalue weighted by molar-refractivity contribution is -0.139. The topological polar surface area (TPSA) is 75.6 Å². The molecule has 0 aromatic heterocycles. The molecule has 1 aliphatic heterocycles. The van der Waals surface area contributed by atoms with E-state index in [9.17, 15) is 9.59 Å². The molecule has 17 heavy (non-hydrogen) atoms. The van der Waals surface area contributed by atoms with E-state index in [4.69, 9.17) is 9.84 Å². The lowest BCUT2D eigenvalue weighted by Crippen LogP contribution is -2.30. The summed E-state index contributed by atoms with van der Waals surface area (Å²) in [6.07, 6.45) is -0.0581. The van der Waals surface area contributed by atoms with Crippen molar-refractivity contribution in [3.05, 3.63) is 35.9 Å². The zero-order chi connectivity index (χ0) is 12.3. The molecule has 90 valence electrons. The van der Waals surface area contributed by atoms with Crippen LogP contribution in [0.4, 0.5) is 0 Å². The number of hydrogen-bond acceptors (Lipinski definition) is 4. The molecule has 0 aliphatic carbocycles. The number of ether oxygens (including phenoxy) is 1. The number of carbonyl (C=O) groups is 2. The molecule has 1 heterocycles. The van der Waals surface area contributed by atoms with E-state index in [2.05, 4.69) is 5.32 Å². The maximum absolute atomic E-state index is 11.7. The smallest absolute Gasteiger partial charge is 0.338 e. The first kappa shape index (κ1) is 11.6. The predicted octanol–water partition coefficient (Wildman–Crippen LogP) is 0.658. The minimum atomic E-state index is -0.914. The van der Waals surface area contributed by atoms with Crippen LogP contribution in [0.1, 0.15) is 16.8 Å². The highest BCUT2D eigenvalue weighted by Gasteiger charge is 2.31. The highest BCUT2D eigenvalue weighted by atomic mass is 16.5. The Hall–Kier alpha value is -1.88. The van der Waals surface area contributed by atoms with E-state index in [1.54, 1.807) is 24.3 Å². The molecule has 2 atom stereocenters. The van der Waals surface area contributed by atoms with Crippen molar-refractivity contribution in [1.29, 1.82) is 0 Å². The van der Waals surface area contributed by atoms with Crippen LogP contribution in [0, 0.1) is 0 Å². The summed E-state index contributed by atoms with van der Waals surface area (Å²) in [5.74, 6) is -1.33. The Bertz CT molecular complexity index is 418. The van der Waals surface area contributed by atoms with Crippen LogP contribution in [0.15, 0.2) is 30.3 Å². The van der Waals surface area contributed by atoms with Gasteiger partial charge in [-0.05, 0) is 12.1 Å². The Kier molecular flexibility index (Phi) is 3.39. The van der Waals surface area contributed by atoms with Crippen molar-refractivity contribution in [2.75, 3.05) is 6.54 Å². The number of carboxylic acids is 1. The molecular weight excluding hydrogens is 222 g/mol. The number of carboxylic acid groups (broad SMARTS) is 1. The number of nitrogens with one attached hydrogen (secondary N) is 1. The van der Waals surface area contributed by atoms with Crippen LogP contribution in [0.2, 0.25) is 0 Å². The van der Waals surface area contributed by atoms with E-state index in [-0.39, 0.29) is 6.10 Å². The molecule has 5 heteroatoms. The summed E-state index contributed by atoms with van der Waals surface area (Å²) in [4.78, 5) is 22.4. The van der Waals surface area contributed by atoms with Gasteiger partial charge in [-0.1, -0.05) is 18.2 Å². The lowest BCUT2D eigenvalue weighted by Gasteiger charge is -2.10. The Morgan fingerprint density at radius 3 is 2.59 bits per heavy atom. The molecular formula is C12H13NO4. The van der Waals surface area contributed by atoms with Gasteiger partial charge in [-0.3, -0.25) is 4.79 Å². The summed E-state index contributed by atoms with van der Waals surface area (Å²) < 4.78 is 5.21. The fourth-order valence-electron chi connectivity index (χ4n) is 1.77. The van der Waals surface area contributed by atoms with E-state index in [0.29, 0.717) is 18.5 Å². The van der Waals surface area contributed by atoms with Gasteiger partial charge < -0.3 is 15.2 Å². The summed E-state index contributed by atoms with van der Waals surface area (Å²) >= 11 is 0. The summed E-state index contributed by atoms with van der Waals surface area (Å²) in [7, 11) is 0. The molecule has 1 aromatic carbocycles. The zero-order valence-electron chi connectivity index (χ0n) is 9.13. The summed E-state index contributed by atoms with van der Waals surface area (Å²) in [5, 5.41) is 11.6. The quantitative estimate of drug-likeness (QED) is 0.753. The Morgan fingerprint density at radius 2 is 2.00 bits per heavy atom. The van der Waals surface area contributed by atoms with Gasteiger partial charge in [0, 0.05) is 13.0 Å². The highest BCUT2D eigenvalue weighted by molar-refractivity contribution is 5.89. The summed E-state index contributed by atoms with van der Waals surface area (Å²) in [5.41, 5.74) is 0.478. The van der Waals surface area contributed by atoms with Crippen LogP contribution in [0.5, 0.6) is 0 Å². The molecule has 0 unspecified atom stereocenters. The van der Waals surface area contributed by atoms with Crippen LogP contribution in [0.25, 0.3) is 0 Å². The van der Waals surface area contributed by atoms with Crippen LogP contribution >= 0.6 is 0 Å². The number of rotatable bonds is 3. The molecule has 0 bridgehead atoms. The Balaban J connectivity index is 1.91. The number of aliphatic carboxylic acids is 1. The van der Waals surface area contributed by atoms with Gasteiger partial charge in [0.15, 0.2) is 0 Å². The van der Waals surface area contributed by atoms with Gasteiger partial charge in [-0.25, -0.2) is 4.79 Å². The van der Waals surface area contributed by atoms with Gasteiger partial charge in [-0.15, -0.1) is 0 Å². The maximum Gasteiger partial charge on any atom is 0.338 e. The second kappa shape index (κ2) is 4.97. The van der Waals surface area contributed by atoms with Crippen LogP contribution in [-0.4, -0.2) is 35.7 Å². The van der Waals surface area contributed by atoms with Gasteiger partial charge in [0.2, 0.25) is 0 Å². The fraction of sp³-hybridized carbons (Fsp3) is 0.333. The number of benzene rings is 1. The van der Waals surface area contributed by atoms with Crippen molar-refractivity contribution in [3.8, 4) is 0 Å². The monoisotopic (exact) mass is 235 g/mol. The van der Waals surface area contributed by atoms with Gasteiger partial charge in [0.05, 0.1) is 5.56 Å². The van der Waals surface area contributed by atoms with Crippen molar-refractivity contribution in [3.63, 3.8) is 0 Å². The van der Waals surface area contributed by atoms with Crippen molar-refractivity contribution >= 4 is 11.9 Å². The number of carbonyl (C=O) groups excluding carboxylic acids is 1. The third kappa shape index (κ3) is 2.82. The van der Waals surface area contributed by atoms with E-state index in [0.717, 1.165) is 0 Å². The third-order valence-electron chi connectivity index (χ3n) is 2.67. The van der Waals surface area contributed by atoms with E-state index in [1.807, 2.05) is 6.07 Å². The molecule has 2 rings (SSSR count). The van der Waals surface area contributed by atoms with Gasteiger partial charge in [0.1, 0.15) is 12.1 Å².